The van der Waals surface area contributed by atoms with Crippen LogP contribution in [0.2, 0.25) is 0 Å². The molecule has 6 heterocycles. The van der Waals surface area contributed by atoms with Gasteiger partial charge in [0.1, 0.15) is 96.2 Å². The maximum Gasteiger partial charge on any atom is 0.338 e. The SMILES string of the molecule is CCC[C@H](OC1C(OC(=O)c2ccccc2)[C@H](O[C@@H]2CC(C(=O)NCCNC(=O)C3CC(n4cc(-c5cccc(F)c5)nn4)C(O)[C@H](O[C@@H]4OC(CO)[C@H](O)C(n5cc(-c6cccc(F)c6)nn5)C4O)C3)CC(C)C2O[C@@H]2OC(C)[C@@H](O)[C@H](O)C2O)OC(CO)[C@@H]1O)C(=O)N1CCC1. The summed E-state index contributed by atoms with van der Waals surface area (Å²) in [7, 11) is 0. The smallest absolute Gasteiger partial charge is 0.338 e. The van der Waals surface area contributed by atoms with E-state index in [9.17, 15) is 73.9 Å². The van der Waals surface area contributed by atoms with Crippen molar-refractivity contribution >= 4 is 23.7 Å². The first-order chi connectivity index (χ1) is 47.1. The van der Waals surface area contributed by atoms with Gasteiger partial charge in [-0.3, -0.25) is 14.4 Å². The maximum atomic E-state index is 14.5. The van der Waals surface area contributed by atoms with Gasteiger partial charge in [-0.2, -0.15) is 0 Å². The van der Waals surface area contributed by atoms with Crippen LogP contribution in [-0.2, 0) is 52.3 Å². The summed E-state index contributed by atoms with van der Waals surface area (Å²) in [5, 5.41) is 124. The van der Waals surface area contributed by atoms with Crippen LogP contribution in [0.5, 0.6) is 0 Å². The molecular formula is C66H85F2N9O21. The number of amides is 3. The summed E-state index contributed by atoms with van der Waals surface area (Å²) < 4.78 is 81.3. The molecule has 6 aliphatic rings. The molecular weight excluding hydrogens is 1290 g/mol. The summed E-state index contributed by atoms with van der Waals surface area (Å²) in [6.45, 7) is 4.14. The number of aliphatic hydroxyl groups excluding tert-OH is 9. The van der Waals surface area contributed by atoms with Crippen LogP contribution in [0.15, 0.2) is 91.3 Å². The highest BCUT2D eigenvalue weighted by Gasteiger charge is 2.55. The van der Waals surface area contributed by atoms with Gasteiger partial charge in [-0.15, -0.1) is 10.2 Å². The van der Waals surface area contributed by atoms with E-state index >= 15 is 0 Å². The molecule has 2 aliphatic carbocycles. The number of esters is 1. The number of aromatic nitrogens is 6. The number of likely N-dealkylation sites (tertiary alicyclic amines) is 1. The van der Waals surface area contributed by atoms with Gasteiger partial charge in [0.2, 0.25) is 11.8 Å². The monoisotopic (exact) mass is 1380 g/mol. The summed E-state index contributed by atoms with van der Waals surface area (Å²) in [5.41, 5.74) is 1.21. The van der Waals surface area contributed by atoms with Crippen LogP contribution < -0.4 is 10.6 Å². The number of carbonyl (C=O) groups excluding carboxylic acids is 4. The van der Waals surface area contributed by atoms with Gasteiger partial charge in [0.15, 0.2) is 25.0 Å². The molecule has 14 unspecified atom stereocenters. The van der Waals surface area contributed by atoms with Crippen molar-refractivity contribution in [2.75, 3.05) is 39.4 Å². The average molecular weight is 1380 g/mol. The minimum Gasteiger partial charge on any atom is -0.450 e. The number of nitrogens with zero attached hydrogens (tertiary/aromatic N) is 7. The first-order valence-corrected chi connectivity index (χ1v) is 33.1. The molecule has 2 aromatic heterocycles. The van der Waals surface area contributed by atoms with Gasteiger partial charge in [0, 0.05) is 49.1 Å². The molecule has 11 rings (SSSR count). The van der Waals surface area contributed by atoms with Crippen molar-refractivity contribution < 1.29 is 112 Å². The molecule has 5 aromatic rings. The van der Waals surface area contributed by atoms with E-state index in [0.29, 0.717) is 30.6 Å². The van der Waals surface area contributed by atoms with E-state index in [-0.39, 0.29) is 68.1 Å². The molecule has 2 saturated carbocycles. The predicted molar refractivity (Wildman–Crippen MR) is 332 cm³/mol. The third kappa shape index (κ3) is 16.1. The Labute approximate surface area is 561 Å². The van der Waals surface area contributed by atoms with Crippen molar-refractivity contribution in [1.29, 1.82) is 0 Å². The fourth-order valence-corrected chi connectivity index (χ4v) is 13.7. The van der Waals surface area contributed by atoms with Crippen LogP contribution in [0.4, 0.5) is 8.78 Å². The molecule has 0 spiro atoms. The first kappa shape index (κ1) is 72.3. The number of aliphatic hydroxyl groups is 9. The molecule has 6 fully saturated rings. The highest BCUT2D eigenvalue weighted by atomic mass is 19.1. The topological polar surface area (TPSA) is 413 Å². The molecule has 0 bridgehead atoms. The van der Waals surface area contributed by atoms with Gasteiger partial charge in [-0.05, 0) is 87.8 Å². The summed E-state index contributed by atoms with van der Waals surface area (Å²) in [5.74, 6) is -5.98. The molecule has 4 aliphatic heterocycles. The minimum atomic E-state index is -1.77. The van der Waals surface area contributed by atoms with Gasteiger partial charge in [-0.1, -0.05) is 73.2 Å². The average Bonchev–Trinajstić information content (AvgIpc) is 0.832. The molecule has 98 heavy (non-hydrogen) atoms. The van der Waals surface area contributed by atoms with Crippen molar-refractivity contribution in [3.63, 3.8) is 0 Å². The molecule has 534 valence electrons. The Balaban J connectivity index is 0.809. The van der Waals surface area contributed by atoms with Crippen LogP contribution in [0.25, 0.3) is 22.5 Å². The zero-order valence-corrected chi connectivity index (χ0v) is 54.0. The quantitative estimate of drug-likeness (QED) is 0.0282. The second kappa shape index (κ2) is 32.1. The lowest BCUT2D eigenvalue weighted by Gasteiger charge is -2.48. The fraction of sp³-hybridized carbons (Fsp3) is 0.606. The number of rotatable bonds is 24. The molecule has 0 radical (unpaired) electrons. The Kier molecular flexibility index (Phi) is 23.7. The summed E-state index contributed by atoms with van der Waals surface area (Å²) in [4.78, 5) is 58.5. The largest absolute Gasteiger partial charge is 0.450 e. The standard InChI is InChI=1S/C66H85F2N9O21/c1-4-11-44(62(89)75-20-10-21-75)92-58-53(83)48(31-79)96-66(59(58)97-63(90)34-12-6-5-7-13-34)94-46-27-37(22-32(2)57(46)98-65-56(86)55(85)50(80)33(3)91-65)60(87)69-18-19-70-61(88)38-25-43(76-28-41(71-73-76)35-14-8-16-39(67)23-35)51(81)45(26-38)93-64-54(84)49(52(82)47(30-78)95-64)77-29-42(72-74-77)36-15-9-17-40(68)24-36/h5-9,12-17,23-24,28-29,32-33,37-38,43-59,64-66,78-86H,4,10-11,18-22,25-27,30-31H2,1-3H3,(H,69,87)(H,70,88)/t32?,33?,37?,38?,43?,44-,45+,46+,47?,48?,49?,50+,51?,52-,53-,54?,55-,56?,57?,58?,59?,64+,65-,66+/m0/s1. The summed E-state index contributed by atoms with van der Waals surface area (Å²) >= 11 is 0. The van der Waals surface area contributed by atoms with Crippen LogP contribution in [0.1, 0.15) is 88.2 Å². The van der Waals surface area contributed by atoms with Crippen molar-refractivity contribution in [3.8, 4) is 22.5 Å². The van der Waals surface area contributed by atoms with E-state index in [4.69, 9.17) is 37.9 Å². The number of ether oxygens (including phenoxy) is 8. The van der Waals surface area contributed by atoms with E-state index in [1.54, 1.807) is 42.2 Å². The minimum absolute atomic E-state index is 0.0778. The van der Waals surface area contributed by atoms with Crippen molar-refractivity contribution in [1.82, 2.24) is 45.5 Å². The Morgan fingerprint density at radius 2 is 1.19 bits per heavy atom. The van der Waals surface area contributed by atoms with Crippen molar-refractivity contribution in [2.24, 2.45) is 17.8 Å². The van der Waals surface area contributed by atoms with Crippen LogP contribution in [0.3, 0.4) is 0 Å². The predicted octanol–water partition coefficient (Wildman–Crippen LogP) is -0.174. The van der Waals surface area contributed by atoms with Crippen molar-refractivity contribution in [2.45, 2.75) is 194 Å². The second-order valence-corrected chi connectivity index (χ2v) is 26.0. The lowest BCUT2D eigenvalue weighted by molar-refractivity contribution is -0.349. The number of carbonyl (C=O) groups is 4. The number of halogens is 2. The molecule has 3 amide bonds. The molecule has 24 atom stereocenters. The van der Waals surface area contributed by atoms with E-state index in [1.165, 1.54) is 72.5 Å². The van der Waals surface area contributed by atoms with Crippen LogP contribution in [0, 0.1) is 29.4 Å². The second-order valence-electron chi connectivity index (χ2n) is 26.0. The van der Waals surface area contributed by atoms with Gasteiger partial charge in [0.05, 0.1) is 61.6 Å². The number of nitrogens with one attached hydrogen (secondary N) is 2. The van der Waals surface area contributed by atoms with Gasteiger partial charge in [0.25, 0.3) is 5.91 Å². The lowest BCUT2D eigenvalue weighted by Crippen LogP contribution is -2.64. The fourth-order valence-electron chi connectivity index (χ4n) is 13.7. The van der Waals surface area contributed by atoms with Gasteiger partial charge in [-0.25, -0.2) is 22.9 Å². The first-order valence-electron chi connectivity index (χ1n) is 33.1. The number of hydrogen-bond donors (Lipinski definition) is 11. The zero-order valence-electron chi connectivity index (χ0n) is 54.0. The number of benzene rings is 3. The van der Waals surface area contributed by atoms with E-state index in [1.807, 2.05) is 6.92 Å². The molecule has 11 N–H and O–H groups in total. The van der Waals surface area contributed by atoms with Crippen LogP contribution >= 0.6 is 0 Å². The Hall–Kier alpha value is -6.96. The highest BCUT2D eigenvalue weighted by molar-refractivity contribution is 5.89. The highest BCUT2D eigenvalue weighted by Crippen LogP contribution is 2.42. The Bertz CT molecular complexity index is 3490. The van der Waals surface area contributed by atoms with Crippen LogP contribution in [-0.4, -0.2) is 260 Å². The molecule has 3 aromatic carbocycles. The molecule has 32 heteroatoms. The Morgan fingerprint density at radius 3 is 1.81 bits per heavy atom. The van der Waals surface area contributed by atoms with Gasteiger partial charge < -0.3 is 99.4 Å². The lowest BCUT2D eigenvalue weighted by atomic mass is 9.77. The number of hydrogen-bond acceptors (Lipinski definition) is 25. The third-order valence-electron chi connectivity index (χ3n) is 19.2. The summed E-state index contributed by atoms with van der Waals surface area (Å²) in [6, 6.07) is 16.5. The normalized spacial score (nSPS) is 34.6. The van der Waals surface area contributed by atoms with E-state index in [0.717, 1.165) is 11.1 Å². The third-order valence-corrected chi connectivity index (χ3v) is 19.2. The molecule has 30 nitrogen and oxygen atoms in total. The van der Waals surface area contributed by atoms with Crippen molar-refractivity contribution in [3.05, 3.63) is 108 Å². The maximum absolute atomic E-state index is 14.5. The Morgan fingerprint density at radius 1 is 0.612 bits per heavy atom. The van der Waals surface area contributed by atoms with E-state index < -0.39 is 189 Å². The zero-order chi connectivity index (χ0) is 69.6. The van der Waals surface area contributed by atoms with Gasteiger partial charge >= 0.3 is 5.97 Å². The molecule has 4 saturated heterocycles. The summed E-state index contributed by atoms with van der Waals surface area (Å²) in [6.07, 6.45) is -24.5. The van der Waals surface area contributed by atoms with E-state index in [2.05, 4.69) is 31.3 Å².